The van der Waals surface area contributed by atoms with Gasteiger partial charge in [-0.2, -0.15) is 0 Å². The van der Waals surface area contributed by atoms with Crippen molar-refractivity contribution in [1.29, 1.82) is 0 Å². The lowest BCUT2D eigenvalue weighted by atomic mass is 10.1. The molecule has 0 aliphatic heterocycles. The first-order valence-electron chi connectivity index (χ1n) is 5.33. The third-order valence-corrected chi connectivity index (χ3v) is 3.11. The second kappa shape index (κ2) is 3.27. The molecule has 1 aliphatic rings. The second-order valence-electron chi connectivity index (χ2n) is 4.12. The van der Waals surface area contributed by atoms with Gasteiger partial charge in [-0.05, 0) is 52.9 Å². The highest BCUT2D eigenvalue weighted by Crippen LogP contribution is 2.38. The van der Waals surface area contributed by atoms with Crippen LogP contribution in [0.2, 0.25) is 0 Å². The Bertz CT molecular complexity index is 561. The standard InChI is InChI=1S/C14H13NO/c1-16-12-3-5-14-10(8-12)6-9-7-11(15)2-4-13(9)14/h2-5,7-8H,6,15H2,1H3. The van der Waals surface area contributed by atoms with Crippen LogP contribution < -0.4 is 10.5 Å². The third-order valence-electron chi connectivity index (χ3n) is 3.11. The van der Waals surface area contributed by atoms with Crippen molar-refractivity contribution in [2.75, 3.05) is 12.8 Å². The first-order valence-corrected chi connectivity index (χ1v) is 5.33. The molecule has 0 fully saturated rings. The number of ether oxygens (including phenoxy) is 1. The number of hydrogen-bond donors (Lipinski definition) is 1. The molecule has 0 bridgehead atoms. The molecule has 2 heteroatoms. The first kappa shape index (κ1) is 9.28. The van der Waals surface area contributed by atoms with Crippen molar-refractivity contribution in [1.82, 2.24) is 0 Å². The van der Waals surface area contributed by atoms with Crippen LogP contribution >= 0.6 is 0 Å². The van der Waals surface area contributed by atoms with Gasteiger partial charge >= 0.3 is 0 Å². The minimum atomic E-state index is 0.832. The zero-order valence-corrected chi connectivity index (χ0v) is 9.16. The van der Waals surface area contributed by atoms with Gasteiger partial charge in [0.05, 0.1) is 7.11 Å². The fraction of sp³-hybridized carbons (Fsp3) is 0.143. The Balaban J connectivity index is 2.16. The van der Waals surface area contributed by atoms with Crippen molar-refractivity contribution in [3.8, 4) is 16.9 Å². The summed E-state index contributed by atoms with van der Waals surface area (Å²) in [6.45, 7) is 0. The summed E-state index contributed by atoms with van der Waals surface area (Å²) in [6, 6.07) is 12.3. The molecule has 16 heavy (non-hydrogen) atoms. The molecule has 0 heterocycles. The van der Waals surface area contributed by atoms with E-state index in [2.05, 4.69) is 24.3 Å². The van der Waals surface area contributed by atoms with Crippen molar-refractivity contribution in [3.05, 3.63) is 47.5 Å². The molecule has 1 aliphatic carbocycles. The Labute approximate surface area is 94.7 Å². The summed E-state index contributed by atoms with van der Waals surface area (Å²) in [5.41, 5.74) is 11.9. The van der Waals surface area contributed by atoms with Crippen molar-refractivity contribution in [3.63, 3.8) is 0 Å². The summed E-state index contributed by atoms with van der Waals surface area (Å²) in [4.78, 5) is 0. The van der Waals surface area contributed by atoms with E-state index in [1.807, 2.05) is 12.1 Å². The van der Waals surface area contributed by atoms with E-state index in [0.29, 0.717) is 0 Å². The van der Waals surface area contributed by atoms with E-state index in [1.54, 1.807) is 7.11 Å². The van der Waals surface area contributed by atoms with E-state index in [0.717, 1.165) is 17.9 Å². The van der Waals surface area contributed by atoms with E-state index in [-0.39, 0.29) is 0 Å². The van der Waals surface area contributed by atoms with Crippen molar-refractivity contribution in [2.45, 2.75) is 6.42 Å². The fourth-order valence-electron chi connectivity index (χ4n) is 2.33. The predicted molar refractivity (Wildman–Crippen MR) is 65.6 cm³/mol. The van der Waals surface area contributed by atoms with E-state index in [9.17, 15) is 0 Å². The number of rotatable bonds is 1. The molecule has 0 unspecified atom stereocenters. The molecule has 2 aromatic rings. The van der Waals surface area contributed by atoms with Crippen molar-refractivity contribution >= 4 is 5.69 Å². The Morgan fingerprint density at radius 3 is 2.44 bits per heavy atom. The molecule has 0 spiro atoms. The van der Waals surface area contributed by atoms with Gasteiger partial charge in [0.15, 0.2) is 0 Å². The van der Waals surface area contributed by atoms with Crippen LogP contribution in [0.3, 0.4) is 0 Å². The van der Waals surface area contributed by atoms with Gasteiger partial charge in [-0.3, -0.25) is 0 Å². The van der Waals surface area contributed by atoms with Gasteiger partial charge in [-0.25, -0.2) is 0 Å². The number of nitrogen functional groups attached to an aromatic ring is 1. The maximum absolute atomic E-state index is 5.80. The van der Waals surface area contributed by atoms with Crippen LogP contribution in [0.5, 0.6) is 5.75 Å². The van der Waals surface area contributed by atoms with Gasteiger partial charge in [0.1, 0.15) is 5.75 Å². The molecule has 0 radical (unpaired) electrons. The minimum Gasteiger partial charge on any atom is -0.497 e. The lowest BCUT2D eigenvalue weighted by Gasteiger charge is -2.03. The molecule has 0 aromatic heterocycles. The summed E-state index contributed by atoms with van der Waals surface area (Å²) in [6.07, 6.45) is 0.951. The Morgan fingerprint density at radius 2 is 1.69 bits per heavy atom. The summed E-state index contributed by atoms with van der Waals surface area (Å²) in [5, 5.41) is 0. The quantitative estimate of drug-likeness (QED) is 0.628. The Kier molecular flexibility index (Phi) is 1.90. The predicted octanol–water partition coefficient (Wildman–Crippen LogP) is 2.85. The highest BCUT2D eigenvalue weighted by molar-refractivity contribution is 5.78. The number of fused-ring (bicyclic) bond motifs is 3. The minimum absolute atomic E-state index is 0.832. The summed E-state index contributed by atoms with van der Waals surface area (Å²) in [5.74, 6) is 0.916. The molecule has 2 N–H and O–H groups in total. The highest BCUT2D eigenvalue weighted by atomic mass is 16.5. The maximum atomic E-state index is 5.80. The highest BCUT2D eigenvalue weighted by Gasteiger charge is 2.18. The van der Waals surface area contributed by atoms with E-state index >= 15 is 0 Å². The molecule has 3 rings (SSSR count). The fourth-order valence-corrected chi connectivity index (χ4v) is 2.33. The monoisotopic (exact) mass is 211 g/mol. The van der Waals surface area contributed by atoms with Gasteiger partial charge in [0.25, 0.3) is 0 Å². The third kappa shape index (κ3) is 1.27. The topological polar surface area (TPSA) is 35.2 Å². The Morgan fingerprint density at radius 1 is 1.00 bits per heavy atom. The van der Waals surface area contributed by atoms with Crippen LogP contribution in [-0.2, 0) is 6.42 Å². The Hall–Kier alpha value is -1.96. The van der Waals surface area contributed by atoms with Gasteiger partial charge in [-0.15, -0.1) is 0 Å². The van der Waals surface area contributed by atoms with Crippen LogP contribution in [0, 0.1) is 0 Å². The molecule has 2 aromatic carbocycles. The molecule has 2 nitrogen and oxygen atoms in total. The molecule has 0 saturated carbocycles. The normalized spacial score (nSPS) is 12.1. The van der Waals surface area contributed by atoms with Crippen LogP contribution in [0.4, 0.5) is 5.69 Å². The smallest absolute Gasteiger partial charge is 0.119 e. The van der Waals surface area contributed by atoms with E-state index in [4.69, 9.17) is 10.5 Å². The lowest BCUT2D eigenvalue weighted by Crippen LogP contribution is -1.87. The number of benzene rings is 2. The number of methoxy groups -OCH3 is 1. The van der Waals surface area contributed by atoms with Gasteiger partial charge in [-0.1, -0.05) is 12.1 Å². The zero-order valence-electron chi connectivity index (χ0n) is 9.16. The molecule has 0 amide bonds. The number of hydrogen-bond acceptors (Lipinski definition) is 2. The van der Waals surface area contributed by atoms with Crippen LogP contribution in [0.25, 0.3) is 11.1 Å². The van der Waals surface area contributed by atoms with E-state index in [1.165, 1.54) is 22.3 Å². The SMILES string of the molecule is COc1ccc2c(c1)Cc1cc(N)ccc1-2. The molecular formula is C14H13NO. The molecule has 0 saturated heterocycles. The summed E-state index contributed by atoms with van der Waals surface area (Å²) >= 11 is 0. The second-order valence-corrected chi connectivity index (χ2v) is 4.12. The largest absolute Gasteiger partial charge is 0.497 e. The zero-order chi connectivity index (χ0) is 11.1. The molecular weight excluding hydrogens is 198 g/mol. The van der Waals surface area contributed by atoms with Gasteiger partial charge < -0.3 is 10.5 Å². The van der Waals surface area contributed by atoms with Gasteiger partial charge in [0, 0.05) is 5.69 Å². The van der Waals surface area contributed by atoms with E-state index < -0.39 is 0 Å². The van der Waals surface area contributed by atoms with Crippen LogP contribution in [0.1, 0.15) is 11.1 Å². The van der Waals surface area contributed by atoms with Gasteiger partial charge in [0.2, 0.25) is 0 Å². The lowest BCUT2D eigenvalue weighted by molar-refractivity contribution is 0.414. The summed E-state index contributed by atoms with van der Waals surface area (Å²) in [7, 11) is 1.70. The van der Waals surface area contributed by atoms with Crippen molar-refractivity contribution < 1.29 is 4.74 Å². The van der Waals surface area contributed by atoms with Crippen molar-refractivity contribution in [2.24, 2.45) is 0 Å². The average molecular weight is 211 g/mol. The average Bonchev–Trinajstić information content (AvgIpc) is 2.64. The molecule has 80 valence electrons. The van der Waals surface area contributed by atoms with Crippen LogP contribution in [0.15, 0.2) is 36.4 Å². The maximum Gasteiger partial charge on any atom is 0.119 e. The first-order chi connectivity index (χ1) is 7.78. The van der Waals surface area contributed by atoms with Crippen LogP contribution in [-0.4, -0.2) is 7.11 Å². The number of anilines is 1. The summed E-state index contributed by atoms with van der Waals surface area (Å²) < 4.78 is 5.24. The number of nitrogens with two attached hydrogens (primary N) is 1. The molecule has 0 atom stereocenters.